The third-order valence-electron chi connectivity index (χ3n) is 7.72. The maximum atomic E-state index is 13.9. The highest BCUT2D eigenvalue weighted by Gasteiger charge is 2.55. The standard InChI is InChI=1S/C30H33N3O3/c1-3-10-23-15-16-25-28-27(29(35)31-20(2)22-13-8-5-9-14-22)24(19-34)26(18-33(25)30(23)36)32(28)17-21-11-6-4-7-12-21/h3-16,20,24,26-28,34H,17-19H2,1-2H3,(H,31,35)/b10-3-/t20-,24-,26-,27+,28+/m0/s1. The molecule has 2 aromatic carbocycles. The zero-order chi connectivity index (χ0) is 25.2. The zero-order valence-electron chi connectivity index (χ0n) is 20.7. The fraction of sp³-hybridized carbons (Fsp3) is 0.333. The van der Waals surface area contributed by atoms with E-state index in [0.717, 1.165) is 16.8 Å². The van der Waals surface area contributed by atoms with Crippen LogP contribution < -0.4 is 10.9 Å². The molecule has 186 valence electrons. The van der Waals surface area contributed by atoms with Crippen LogP contribution in [0.1, 0.15) is 48.3 Å². The first kappa shape index (κ1) is 24.2. The van der Waals surface area contributed by atoms with Crippen molar-refractivity contribution in [3.63, 3.8) is 0 Å². The second-order valence-electron chi connectivity index (χ2n) is 9.81. The van der Waals surface area contributed by atoms with Gasteiger partial charge < -0.3 is 15.0 Å². The van der Waals surface area contributed by atoms with Gasteiger partial charge in [-0.05, 0) is 37.1 Å². The number of carbonyl (C=O) groups excluding carboxylic acids is 1. The molecular weight excluding hydrogens is 450 g/mol. The number of nitrogens with one attached hydrogen (secondary N) is 1. The summed E-state index contributed by atoms with van der Waals surface area (Å²) in [6, 6.07) is 23.3. The van der Waals surface area contributed by atoms with Crippen molar-refractivity contribution in [3.8, 4) is 0 Å². The van der Waals surface area contributed by atoms with Gasteiger partial charge in [0.15, 0.2) is 0 Å². The van der Waals surface area contributed by atoms with Crippen LogP contribution in [0.3, 0.4) is 0 Å². The van der Waals surface area contributed by atoms with Crippen LogP contribution in [0.5, 0.6) is 0 Å². The van der Waals surface area contributed by atoms with Crippen molar-refractivity contribution in [2.24, 2.45) is 11.8 Å². The number of amides is 1. The summed E-state index contributed by atoms with van der Waals surface area (Å²) < 4.78 is 1.82. The van der Waals surface area contributed by atoms with Crippen molar-refractivity contribution in [1.29, 1.82) is 0 Å². The maximum Gasteiger partial charge on any atom is 0.258 e. The molecule has 5 atom stereocenters. The molecule has 2 aliphatic rings. The lowest BCUT2D eigenvalue weighted by molar-refractivity contribution is -0.128. The molecule has 2 bridgehead atoms. The van der Waals surface area contributed by atoms with E-state index in [4.69, 9.17) is 0 Å². The van der Waals surface area contributed by atoms with E-state index >= 15 is 0 Å². The Morgan fingerprint density at radius 1 is 1.08 bits per heavy atom. The van der Waals surface area contributed by atoms with E-state index in [1.54, 1.807) is 0 Å². The molecular formula is C30H33N3O3. The summed E-state index contributed by atoms with van der Waals surface area (Å²) in [5, 5.41) is 13.8. The van der Waals surface area contributed by atoms with Crippen LogP contribution in [-0.2, 0) is 17.9 Å². The molecule has 0 unspecified atom stereocenters. The van der Waals surface area contributed by atoms with Crippen molar-refractivity contribution < 1.29 is 9.90 Å². The highest BCUT2D eigenvalue weighted by Crippen LogP contribution is 2.49. The van der Waals surface area contributed by atoms with Gasteiger partial charge in [-0.25, -0.2) is 0 Å². The Balaban J connectivity index is 1.55. The van der Waals surface area contributed by atoms with Crippen molar-refractivity contribution in [2.45, 2.75) is 45.1 Å². The molecule has 1 aromatic heterocycles. The summed E-state index contributed by atoms with van der Waals surface area (Å²) in [5.74, 6) is -0.851. The first-order valence-electron chi connectivity index (χ1n) is 12.7. The minimum atomic E-state index is -0.476. The fourth-order valence-electron chi connectivity index (χ4n) is 5.99. The number of allylic oxidation sites excluding steroid dienone is 1. The van der Waals surface area contributed by atoms with E-state index in [-0.39, 0.29) is 42.1 Å². The SMILES string of the molecule is C/C=C\c1ccc2n(c1=O)C[C@H]1[C@H](CO)[C@@H](C(=O)N[C@@H](C)c3ccccc3)[C@@H]2N1Cc1ccccc1. The minimum absolute atomic E-state index is 0.0460. The number of hydrogen-bond donors (Lipinski definition) is 2. The van der Waals surface area contributed by atoms with Gasteiger partial charge in [0.1, 0.15) is 0 Å². The zero-order valence-corrected chi connectivity index (χ0v) is 20.7. The lowest BCUT2D eigenvalue weighted by Crippen LogP contribution is -2.46. The van der Waals surface area contributed by atoms with Gasteiger partial charge in [-0.2, -0.15) is 0 Å². The van der Waals surface area contributed by atoms with E-state index < -0.39 is 5.92 Å². The molecule has 0 saturated carbocycles. The van der Waals surface area contributed by atoms with Crippen molar-refractivity contribution >= 4 is 12.0 Å². The highest BCUT2D eigenvalue weighted by atomic mass is 16.3. The Kier molecular flexibility index (Phi) is 6.90. The molecule has 0 radical (unpaired) electrons. The van der Waals surface area contributed by atoms with E-state index in [1.165, 1.54) is 0 Å². The Hall–Kier alpha value is -3.48. The molecule has 0 aliphatic carbocycles. The van der Waals surface area contributed by atoms with Gasteiger partial charge in [0, 0.05) is 42.9 Å². The molecule has 5 rings (SSSR count). The molecule has 2 aliphatic heterocycles. The fourth-order valence-corrected chi connectivity index (χ4v) is 5.99. The molecule has 1 fully saturated rings. The number of nitrogens with zero attached hydrogens (tertiary/aromatic N) is 2. The van der Waals surface area contributed by atoms with Crippen LogP contribution in [0, 0.1) is 11.8 Å². The summed E-state index contributed by atoms with van der Waals surface area (Å²) >= 11 is 0. The number of aromatic nitrogens is 1. The Morgan fingerprint density at radius 2 is 1.78 bits per heavy atom. The number of hydrogen-bond acceptors (Lipinski definition) is 4. The van der Waals surface area contributed by atoms with Crippen LogP contribution in [0.2, 0.25) is 0 Å². The van der Waals surface area contributed by atoms with Crippen LogP contribution in [-0.4, -0.2) is 33.1 Å². The highest BCUT2D eigenvalue weighted by molar-refractivity contribution is 5.81. The van der Waals surface area contributed by atoms with E-state index in [1.807, 2.05) is 91.2 Å². The summed E-state index contributed by atoms with van der Waals surface area (Å²) in [7, 11) is 0. The number of aliphatic hydroxyl groups excluding tert-OH is 1. The normalized spacial score (nSPS) is 24.0. The summed E-state index contributed by atoms with van der Waals surface area (Å²) in [6.45, 7) is 4.85. The second kappa shape index (κ2) is 10.2. The number of rotatable bonds is 7. The number of benzene rings is 2. The number of fused-ring (bicyclic) bond motifs is 4. The molecule has 1 saturated heterocycles. The first-order valence-corrected chi connectivity index (χ1v) is 12.7. The molecule has 36 heavy (non-hydrogen) atoms. The second-order valence-corrected chi connectivity index (χ2v) is 9.81. The van der Waals surface area contributed by atoms with E-state index in [9.17, 15) is 14.7 Å². The van der Waals surface area contributed by atoms with Crippen LogP contribution in [0.15, 0.2) is 83.7 Å². The van der Waals surface area contributed by atoms with Crippen molar-refractivity contribution in [2.75, 3.05) is 6.61 Å². The predicted molar refractivity (Wildman–Crippen MR) is 141 cm³/mol. The molecule has 6 nitrogen and oxygen atoms in total. The lowest BCUT2D eigenvalue weighted by Gasteiger charge is -2.38. The van der Waals surface area contributed by atoms with Crippen LogP contribution in [0.4, 0.5) is 0 Å². The Labute approximate surface area is 211 Å². The van der Waals surface area contributed by atoms with Gasteiger partial charge >= 0.3 is 0 Å². The van der Waals surface area contributed by atoms with Gasteiger partial charge in [0.05, 0.1) is 18.0 Å². The predicted octanol–water partition coefficient (Wildman–Crippen LogP) is 3.92. The molecule has 0 spiro atoms. The Bertz CT molecular complexity index is 1300. The molecule has 3 heterocycles. The molecule has 3 aromatic rings. The third kappa shape index (κ3) is 4.31. The van der Waals surface area contributed by atoms with E-state index in [0.29, 0.717) is 18.7 Å². The summed E-state index contributed by atoms with van der Waals surface area (Å²) in [4.78, 5) is 29.5. The van der Waals surface area contributed by atoms with Gasteiger partial charge in [-0.15, -0.1) is 0 Å². The van der Waals surface area contributed by atoms with E-state index in [2.05, 4.69) is 22.3 Å². The average molecular weight is 484 g/mol. The van der Waals surface area contributed by atoms with Crippen molar-refractivity contribution in [3.05, 3.63) is 112 Å². The lowest BCUT2D eigenvalue weighted by atomic mass is 9.86. The van der Waals surface area contributed by atoms with Gasteiger partial charge in [0.25, 0.3) is 5.56 Å². The van der Waals surface area contributed by atoms with Gasteiger partial charge in [-0.3, -0.25) is 14.5 Å². The summed E-state index contributed by atoms with van der Waals surface area (Å²) in [5.41, 5.74) is 3.60. The maximum absolute atomic E-state index is 13.9. The molecule has 1 amide bonds. The smallest absolute Gasteiger partial charge is 0.258 e. The molecule has 6 heteroatoms. The minimum Gasteiger partial charge on any atom is -0.396 e. The first-order chi connectivity index (χ1) is 17.5. The molecule has 2 N–H and O–H groups in total. The largest absolute Gasteiger partial charge is 0.396 e. The monoisotopic (exact) mass is 483 g/mol. The number of carbonyl (C=O) groups is 1. The van der Waals surface area contributed by atoms with Gasteiger partial charge in [0.2, 0.25) is 5.91 Å². The third-order valence-corrected chi connectivity index (χ3v) is 7.72. The van der Waals surface area contributed by atoms with Crippen LogP contribution in [0.25, 0.3) is 6.08 Å². The van der Waals surface area contributed by atoms with Crippen LogP contribution >= 0.6 is 0 Å². The number of aliphatic hydroxyl groups is 1. The van der Waals surface area contributed by atoms with Gasteiger partial charge in [-0.1, -0.05) is 72.8 Å². The average Bonchev–Trinajstić information content (AvgIpc) is 3.10. The van der Waals surface area contributed by atoms with Crippen molar-refractivity contribution in [1.82, 2.24) is 14.8 Å². The Morgan fingerprint density at radius 3 is 2.44 bits per heavy atom. The summed E-state index contributed by atoms with van der Waals surface area (Å²) in [6.07, 6.45) is 3.68. The quantitative estimate of drug-likeness (QED) is 0.534. The topological polar surface area (TPSA) is 74.6 Å². The number of pyridine rings is 1.